The van der Waals surface area contributed by atoms with Gasteiger partial charge in [-0.2, -0.15) is 0 Å². The van der Waals surface area contributed by atoms with Crippen molar-refractivity contribution in [1.82, 2.24) is 5.32 Å². The van der Waals surface area contributed by atoms with Gasteiger partial charge in [0, 0.05) is 19.1 Å². The lowest BCUT2D eigenvalue weighted by atomic mass is 10.1. The molecule has 126 valence electrons. The number of rotatable bonds is 8. The number of amides is 1. The summed E-state index contributed by atoms with van der Waals surface area (Å²) in [4.78, 5) is 12.0. The molecule has 6 heteroatoms. The zero-order valence-corrected chi connectivity index (χ0v) is 12.8. The number of ether oxygens (including phenoxy) is 1. The molecule has 0 radical (unpaired) electrons. The molecule has 2 N–H and O–H groups in total. The minimum atomic E-state index is -0.892. The van der Waals surface area contributed by atoms with Gasteiger partial charge in [0.1, 0.15) is 0 Å². The van der Waals surface area contributed by atoms with Crippen LogP contribution in [0.25, 0.3) is 0 Å². The van der Waals surface area contributed by atoms with Gasteiger partial charge in [0.15, 0.2) is 11.6 Å². The zero-order valence-electron chi connectivity index (χ0n) is 12.8. The van der Waals surface area contributed by atoms with Crippen LogP contribution in [0.3, 0.4) is 0 Å². The van der Waals surface area contributed by atoms with Gasteiger partial charge in [-0.1, -0.05) is 12.1 Å². The Morgan fingerprint density at radius 2 is 2.17 bits per heavy atom. The Morgan fingerprint density at radius 3 is 2.91 bits per heavy atom. The lowest BCUT2D eigenvalue weighted by Crippen LogP contribution is -2.35. The third kappa shape index (κ3) is 4.26. The van der Waals surface area contributed by atoms with Crippen LogP contribution in [0.4, 0.5) is 8.78 Å². The number of halogens is 2. The van der Waals surface area contributed by atoms with Crippen LogP contribution in [-0.4, -0.2) is 36.9 Å². The van der Waals surface area contributed by atoms with Crippen LogP contribution >= 0.6 is 0 Å². The highest BCUT2D eigenvalue weighted by atomic mass is 19.2. The third-order valence-corrected chi connectivity index (χ3v) is 4.38. The quantitative estimate of drug-likeness (QED) is 0.768. The van der Waals surface area contributed by atoms with Crippen molar-refractivity contribution >= 4 is 5.91 Å². The van der Waals surface area contributed by atoms with Gasteiger partial charge in [-0.05, 0) is 42.7 Å². The molecule has 3 atom stereocenters. The minimum absolute atomic E-state index is 0.109. The molecule has 4 nitrogen and oxygen atoms in total. The molecule has 2 aliphatic carbocycles. The lowest BCUT2D eigenvalue weighted by Gasteiger charge is -2.12. The fraction of sp³-hybridized carbons (Fsp3) is 0.588. The molecule has 2 fully saturated rings. The molecule has 0 spiro atoms. The largest absolute Gasteiger partial charge is 0.389 e. The van der Waals surface area contributed by atoms with Crippen LogP contribution in [0.1, 0.15) is 30.7 Å². The van der Waals surface area contributed by atoms with Gasteiger partial charge in [0.05, 0.1) is 12.7 Å². The second kappa shape index (κ2) is 6.93. The Hall–Kier alpha value is -1.53. The number of aliphatic hydroxyl groups is 1. The SMILES string of the molecule is O=C(NCC(O)COCC1CC1)C1CC1c1cccc(F)c1F. The van der Waals surface area contributed by atoms with E-state index in [4.69, 9.17) is 4.74 Å². The van der Waals surface area contributed by atoms with Crippen molar-refractivity contribution in [2.75, 3.05) is 19.8 Å². The van der Waals surface area contributed by atoms with Crippen LogP contribution < -0.4 is 5.32 Å². The summed E-state index contributed by atoms with van der Waals surface area (Å²) in [6.45, 7) is 0.969. The van der Waals surface area contributed by atoms with Crippen molar-refractivity contribution in [3.8, 4) is 0 Å². The normalized spacial score (nSPS) is 24.3. The Labute approximate surface area is 133 Å². The summed E-state index contributed by atoms with van der Waals surface area (Å²) < 4.78 is 32.3. The van der Waals surface area contributed by atoms with E-state index in [-0.39, 0.29) is 36.5 Å². The molecule has 1 amide bonds. The fourth-order valence-electron chi connectivity index (χ4n) is 2.70. The smallest absolute Gasteiger partial charge is 0.223 e. The number of aliphatic hydroxyl groups excluding tert-OH is 1. The third-order valence-electron chi connectivity index (χ3n) is 4.38. The molecule has 0 saturated heterocycles. The predicted molar refractivity (Wildman–Crippen MR) is 79.8 cm³/mol. The summed E-state index contributed by atoms with van der Waals surface area (Å²) in [5.41, 5.74) is 0.249. The molecular weight excluding hydrogens is 304 g/mol. The van der Waals surface area contributed by atoms with E-state index in [9.17, 15) is 18.7 Å². The molecule has 3 unspecified atom stereocenters. The van der Waals surface area contributed by atoms with Crippen LogP contribution in [0, 0.1) is 23.5 Å². The van der Waals surface area contributed by atoms with Crippen LogP contribution in [0.5, 0.6) is 0 Å². The zero-order chi connectivity index (χ0) is 16.4. The van der Waals surface area contributed by atoms with Gasteiger partial charge in [-0.25, -0.2) is 8.78 Å². The first-order valence-corrected chi connectivity index (χ1v) is 8.03. The number of hydrogen-bond acceptors (Lipinski definition) is 3. The first-order valence-electron chi connectivity index (χ1n) is 8.03. The summed E-state index contributed by atoms with van der Waals surface area (Å²) in [5.74, 6) is -2.01. The first kappa shape index (κ1) is 16.3. The first-order chi connectivity index (χ1) is 11.1. The van der Waals surface area contributed by atoms with Crippen LogP contribution in [-0.2, 0) is 9.53 Å². The number of hydrogen-bond donors (Lipinski definition) is 2. The predicted octanol–water partition coefficient (Wildman–Crippen LogP) is 1.97. The van der Waals surface area contributed by atoms with Crippen molar-refractivity contribution < 1.29 is 23.4 Å². The highest BCUT2D eigenvalue weighted by Crippen LogP contribution is 2.48. The highest BCUT2D eigenvalue weighted by Gasteiger charge is 2.45. The summed E-state index contributed by atoms with van der Waals surface area (Å²) in [6.07, 6.45) is 2.13. The Kier molecular flexibility index (Phi) is 4.92. The average Bonchev–Trinajstić information content (AvgIpc) is 3.41. The Bertz CT molecular complexity index is 577. The van der Waals surface area contributed by atoms with Crippen molar-refractivity contribution in [2.45, 2.75) is 31.3 Å². The fourth-order valence-corrected chi connectivity index (χ4v) is 2.70. The van der Waals surface area contributed by atoms with E-state index in [0.717, 1.165) is 6.07 Å². The van der Waals surface area contributed by atoms with E-state index < -0.39 is 17.7 Å². The lowest BCUT2D eigenvalue weighted by molar-refractivity contribution is -0.123. The van der Waals surface area contributed by atoms with Gasteiger partial charge in [-0.15, -0.1) is 0 Å². The van der Waals surface area contributed by atoms with Crippen molar-refractivity contribution in [3.05, 3.63) is 35.4 Å². The molecule has 2 saturated carbocycles. The number of nitrogens with one attached hydrogen (secondary N) is 1. The van der Waals surface area contributed by atoms with Gasteiger partial charge >= 0.3 is 0 Å². The van der Waals surface area contributed by atoms with Crippen molar-refractivity contribution in [3.63, 3.8) is 0 Å². The Balaban J connectivity index is 1.40. The number of carbonyl (C=O) groups excluding carboxylic acids is 1. The van der Waals surface area contributed by atoms with E-state index in [2.05, 4.69) is 5.32 Å². The second-order valence-corrected chi connectivity index (χ2v) is 6.47. The molecule has 0 heterocycles. The van der Waals surface area contributed by atoms with E-state index in [0.29, 0.717) is 18.9 Å². The molecule has 1 aromatic rings. The topological polar surface area (TPSA) is 58.6 Å². The maximum Gasteiger partial charge on any atom is 0.223 e. The summed E-state index contributed by atoms with van der Waals surface area (Å²) in [6, 6.07) is 4.02. The molecule has 3 rings (SSSR count). The van der Waals surface area contributed by atoms with Gasteiger partial charge in [0.25, 0.3) is 0 Å². The summed E-state index contributed by atoms with van der Waals surface area (Å²) in [7, 11) is 0. The molecular formula is C17H21F2NO3. The summed E-state index contributed by atoms with van der Waals surface area (Å²) in [5, 5.41) is 12.4. The van der Waals surface area contributed by atoms with Gasteiger partial charge in [0.2, 0.25) is 5.91 Å². The maximum atomic E-state index is 13.7. The van der Waals surface area contributed by atoms with Crippen LogP contribution in [0.2, 0.25) is 0 Å². The van der Waals surface area contributed by atoms with Crippen molar-refractivity contribution in [2.24, 2.45) is 11.8 Å². The molecule has 0 bridgehead atoms. The van der Waals surface area contributed by atoms with Gasteiger partial charge < -0.3 is 15.2 Å². The highest BCUT2D eigenvalue weighted by molar-refractivity contribution is 5.82. The average molecular weight is 325 g/mol. The number of carbonyl (C=O) groups is 1. The molecule has 0 aliphatic heterocycles. The van der Waals surface area contributed by atoms with Gasteiger partial charge in [-0.3, -0.25) is 4.79 Å². The summed E-state index contributed by atoms with van der Waals surface area (Å²) >= 11 is 0. The molecule has 2 aliphatic rings. The van der Waals surface area contributed by atoms with E-state index >= 15 is 0 Å². The number of benzene rings is 1. The van der Waals surface area contributed by atoms with E-state index in [1.807, 2.05) is 0 Å². The molecule has 0 aromatic heterocycles. The standard InChI is InChI=1S/C17H21F2NO3/c18-15-3-1-2-12(16(15)19)13-6-14(13)17(22)20-7-11(21)9-23-8-10-4-5-10/h1-3,10-11,13-14,21H,4-9H2,(H,20,22). The Morgan fingerprint density at radius 1 is 1.39 bits per heavy atom. The van der Waals surface area contributed by atoms with Crippen LogP contribution in [0.15, 0.2) is 18.2 Å². The maximum absolute atomic E-state index is 13.7. The van der Waals surface area contributed by atoms with E-state index in [1.165, 1.54) is 25.0 Å². The molecule has 1 aromatic carbocycles. The monoisotopic (exact) mass is 325 g/mol. The van der Waals surface area contributed by atoms with E-state index in [1.54, 1.807) is 0 Å². The minimum Gasteiger partial charge on any atom is -0.389 e. The van der Waals surface area contributed by atoms with Crippen molar-refractivity contribution in [1.29, 1.82) is 0 Å². The second-order valence-electron chi connectivity index (χ2n) is 6.47. The molecule has 23 heavy (non-hydrogen) atoms.